The maximum atomic E-state index is 12.6. The summed E-state index contributed by atoms with van der Waals surface area (Å²) in [6.45, 7) is 6.42. The van der Waals surface area contributed by atoms with Crippen LogP contribution in [0, 0.1) is 17.3 Å². The molecule has 0 spiro atoms. The van der Waals surface area contributed by atoms with Gasteiger partial charge in [0.2, 0.25) is 5.91 Å². The zero-order chi connectivity index (χ0) is 15.9. The number of aliphatic carboxylic acids is 1. The van der Waals surface area contributed by atoms with E-state index in [-0.39, 0.29) is 11.8 Å². The number of hydrogen-bond donors (Lipinski definition) is 1. The lowest BCUT2D eigenvalue weighted by molar-refractivity contribution is -0.142. The second-order valence-electron chi connectivity index (χ2n) is 6.62. The molecule has 3 rings (SSSR count). The van der Waals surface area contributed by atoms with Crippen LogP contribution in [0.1, 0.15) is 13.8 Å². The van der Waals surface area contributed by atoms with Crippen LogP contribution in [0.2, 0.25) is 0 Å². The molecule has 2 atom stereocenters. The molecule has 118 valence electrons. The zero-order valence-electron chi connectivity index (χ0n) is 12.9. The van der Waals surface area contributed by atoms with Gasteiger partial charge in [-0.15, -0.1) is 0 Å². The molecule has 1 aromatic rings. The summed E-state index contributed by atoms with van der Waals surface area (Å²) >= 11 is 0. The summed E-state index contributed by atoms with van der Waals surface area (Å²) in [7, 11) is 0. The van der Waals surface area contributed by atoms with Crippen LogP contribution in [0.15, 0.2) is 24.4 Å². The summed E-state index contributed by atoms with van der Waals surface area (Å²) < 4.78 is 0. The van der Waals surface area contributed by atoms with Gasteiger partial charge in [0, 0.05) is 32.4 Å². The van der Waals surface area contributed by atoms with Crippen LogP contribution < -0.4 is 4.90 Å². The Bertz CT molecular complexity index is 580. The zero-order valence-corrected chi connectivity index (χ0v) is 12.9. The highest BCUT2D eigenvalue weighted by atomic mass is 16.4. The van der Waals surface area contributed by atoms with Crippen molar-refractivity contribution in [2.75, 3.05) is 31.1 Å². The standard InChI is InChI=1S/C16H21N3O3/c1-16(2)12(13(16)15(21)22)14(20)19-9-7-18(8-10-19)11-5-3-4-6-17-11/h3-6,12-13H,7-10H2,1-2H3,(H,21,22)/t12-,13+/m1/s1. The fraction of sp³-hybridized carbons (Fsp3) is 0.562. The molecule has 1 aromatic heterocycles. The van der Waals surface area contributed by atoms with E-state index in [4.69, 9.17) is 0 Å². The second kappa shape index (κ2) is 5.26. The topological polar surface area (TPSA) is 73.7 Å². The third-order valence-corrected chi connectivity index (χ3v) is 4.92. The van der Waals surface area contributed by atoms with E-state index in [9.17, 15) is 14.7 Å². The summed E-state index contributed by atoms with van der Waals surface area (Å²) in [6.07, 6.45) is 1.76. The Kier molecular flexibility index (Phi) is 3.54. The molecule has 2 fully saturated rings. The van der Waals surface area contributed by atoms with Crippen molar-refractivity contribution in [2.24, 2.45) is 17.3 Å². The molecule has 6 nitrogen and oxygen atoms in total. The SMILES string of the molecule is CC1(C)[C@H](C(=O)O)[C@@H]1C(=O)N1CCN(c2ccccn2)CC1. The monoisotopic (exact) mass is 303 g/mol. The first-order chi connectivity index (χ1) is 10.4. The van der Waals surface area contributed by atoms with Crippen LogP contribution in [0.4, 0.5) is 5.82 Å². The number of carboxylic acids is 1. The maximum absolute atomic E-state index is 12.6. The molecule has 1 saturated carbocycles. The Hall–Kier alpha value is -2.11. The van der Waals surface area contributed by atoms with Gasteiger partial charge in [0.05, 0.1) is 11.8 Å². The quantitative estimate of drug-likeness (QED) is 0.905. The van der Waals surface area contributed by atoms with E-state index in [1.165, 1.54) is 0 Å². The molecule has 1 N–H and O–H groups in total. The van der Waals surface area contributed by atoms with Gasteiger partial charge >= 0.3 is 5.97 Å². The highest BCUT2D eigenvalue weighted by Crippen LogP contribution is 2.59. The van der Waals surface area contributed by atoms with Crippen molar-refractivity contribution in [2.45, 2.75) is 13.8 Å². The predicted molar refractivity (Wildman–Crippen MR) is 81.4 cm³/mol. The van der Waals surface area contributed by atoms with E-state index in [0.29, 0.717) is 13.1 Å². The first-order valence-corrected chi connectivity index (χ1v) is 7.60. The minimum atomic E-state index is -0.865. The highest BCUT2D eigenvalue weighted by Gasteiger charge is 2.66. The van der Waals surface area contributed by atoms with Crippen molar-refractivity contribution in [3.8, 4) is 0 Å². The molecule has 22 heavy (non-hydrogen) atoms. The number of amides is 1. The average Bonchev–Trinajstić information content (AvgIpc) is 3.10. The lowest BCUT2D eigenvalue weighted by atomic mass is 10.1. The maximum Gasteiger partial charge on any atom is 0.307 e. The summed E-state index contributed by atoms with van der Waals surface area (Å²) in [4.78, 5) is 32.1. The molecular weight excluding hydrogens is 282 g/mol. The van der Waals surface area contributed by atoms with E-state index >= 15 is 0 Å². The summed E-state index contributed by atoms with van der Waals surface area (Å²) in [5.41, 5.74) is -0.430. The highest BCUT2D eigenvalue weighted by molar-refractivity contribution is 5.91. The van der Waals surface area contributed by atoms with E-state index in [2.05, 4.69) is 9.88 Å². The van der Waals surface area contributed by atoms with Gasteiger partial charge in [-0.3, -0.25) is 9.59 Å². The van der Waals surface area contributed by atoms with E-state index in [1.54, 1.807) is 11.1 Å². The van der Waals surface area contributed by atoms with Crippen molar-refractivity contribution in [3.05, 3.63) is 24.4 Å². The molecule has 2 aliphatic rings. The minimum absolute atomic E-state index is 0.0157. The summed E-state index contributed by atoms with van der Waals surface area (Å²) in [6, 6.07) is 5.79. The number of pyridine rings is 1. The van der Waals surface area contributed by atoms with Crippen molar-refractivity contribution < 1.29 is 14.7 Å². The molecular formula is C16H21N3O3. The van der Waals surface area contributed by atoms with Gasteiger partial charge in [0.25, 0.3) is 0 Å². The number of piperazine rings is 1. The van der Waals surface area contributed by atoms with E-state index < -0.39 is 17.3 Å². The molecule has 1 aliphatic carbocycles. The lowest BCUT2D eigenvalue weighted by Gasteiger charge is -2.35. The van der Waals surface area contributed by atoms with E-state index in [0.717, 1.165) is 18.9 Å². The van der Waals surface area contributed by atoms with E-state index in [1.807, 2.05) is 32.0 Å². The Labute approximate surface area is 129 Å². The molecule has 0 radical (unpaired) electrons. The Morgan fingerprint density at radius 3 is 2.36 bits per heavy atom. The van der Waals surface area contributed by atoms with Gasteiger partial charge in [-0.1, -0.05) is 19.9 Å². The van der Waals surface area contributed by atoms with Gasteiger partial charge in [-0.2, -0.15) is 0 Å². The van der Waals surface area contributed by atoms with Crippen LogP contribution in [-0.2, 0) is 9.59 Å². The van der Waals surface area contributed by atoms with Crippen LogP contribution in [0.25, 0.3) is 0 Å². The lowest BCUT2D eigenvalue weighted by Crippen LogP contribution is -2.50. The number of aromatic nitrogens is 1. The number of carboxylic acid groups (broad SMARTS) is 1. The predicted octanol–water partition coefficient (Wildman–Crippen LogP) is 1.09. The van der Waals surface area contributed by atoms with Crippen LogP contribution in [0.3, 0.4) is 0 Å². The number of carbonyl (C=O) groups excluding carboxylic acids is 1. The molecule has 1 saturated heterocycles. The number of hydrogen-bond acceptors (Lipinski definition) is 4. The number of rotatable bonds is 3. The second-order valence-corrected chi connectivity index (χ2v) is 6.62. The van der Waals surface area contributed by atoms with Gasteiger partial charge in [-0.05, 0) is 17.5 Å². The van der Waals surface area contributed by atoms with Crippen molar-refractivity contribution in [1.82, 2.24) is 9.88 Å². The van der Waals surface area contributed by atoms with Crippen molar-refractivity contribution in [1.29, 1.82) is 0 Å². The minimum Gasteiger partial charge on any atom is -0.481 e. The van der Waals surface area contributed by atoms with Crippen molar-refractivity contribution in [3.63, 3.8) is 0 Å². The third-order valence-electron chi connectivity index (χ3n) is 4.92. The molecule has 0 aromatic carbocycles. The molecule has 1 aliphatic heterocycles. The van der Waals surface area contributed by atoms with Gasteiger partial charge in [0.15, 0.2) is 0 Å². The molecule has 0 unspecified atom stereocenters. The molecule has 0 bridgehead atoms. The smallest absolute Gasteiger partial charge is 0.307 e. The third kappa shape index (κ3) is 2.42. The molecule has 6 heteroatoms. The Balaban J connectivity index is 1.60. The largest absolute Gasteiger partial charge is 0.481 e. The van der Waals surface area contributed by atoms with Crippen molar-refractivity contribution >= 4 is 17.7 Å². The molecule has 2 heterocycles. The number of anilines is 1. The van der Waals surface area contributed by atoms with Gasteiger partial charge in [-0.25, -0.2) is 4.98 Å². The normalized spacial score (nSPS) is 26.6. The molecule has 1 amide bonds. The average molecular weight is 303 g/mol. The Morgan fingerprint density at radius 1 is 1.18 bits per heavy atom. The van der Waals surface area contributed by atoms with Crippen LogP contribution in [-0.4, -0.2) is 53.0 Å². The fourth-order valence-electron chi connectivity index (χ4n) is 3.45. The first-order valence-electron chi connectivity index (χ1n) is 7.60. The van der Waals surface area contributed by atoms with Gasteiger partial charge < -0.3 is 14.9 Å². The summed E-state index contributed by atoms with van der Waals surface area (Å²) in [5.74, 6) is -0.890. The van der Waals surface area contributed by atoms with Gasteiger partial charge in [0.1, 0.15) is 5.82 Å². The fourth-order valence-corrected chi connectivity index (χ4v) is 3.45. The Morgan fingerprint density at radius 2 is 1.86 bits per heavy atom. The summed E-state index contributed by atoms with van der Waals surface area (Å²) in [5, 5.41) is 9.21. The van der Waals surface area contributed by atoms with Crippen LogP contribution in [0.5, 0.6) is 0 Å². The number of carbonyl (C=O) groups is 2. The number of nitrogens with zero attached hydrogens (tertiary/aromatic N) is 3. The first kappa shape index (κ1) is 14.8. The van der Waals surface area contributed by atoms with Crippen LogP contribution >= 0.6 is 0 Å².